The van der Waals surface area contributed by atoms with Gasteiger partial charge in [-0.15, -0.1) is 11.3 Å². The first kappa shape index (κ1) is 28.3. The molecule has 0 aliphatic heterocycles. The number of hydrogen-bond donors (Lipinski definition) is 1. The summed E-state index contributed by atoms with van der Waals surface area (Å²) in [7, 11) is 0. The third kappa shape index (κ3) is 6.39. The molecule has 1 heterocycles. The summed E-state index contributed by atoms with van der Waals surface area (Å²) in [5, 5.41) is 16.3. The zero-order valence-corrected chi connectivity index (χ0v) is 24.9. The molecular formula is C29H22BrCl2N3O4S. The van der Waals surface area contributed by atoms with Crippen molar-refractivity contribution in [3.05, 3.63) is 112 Å². The molecular weight excluding hydrogens is 637 g/mol. The number of halogens is 3. The maximum absolute atomic E-state index is 13.3. The van der Waals surface area contributed by atoms with Gasteiger partial charge in [-0.2, -0.15) is 0 Å². The van der Waals surface area contributed by atoms with Crippen LogP contribution in [-0.4, -0.2) is 17.0 Å². The minimum Gasteiger partial charge on any atom is -0.481 e. The highest BCUT2D eigenvalue weighted by Crippen LogP contribution is 2.41. The minimum atomic E-state index is -0.505. The van der Waals surface area contributed by atoms with Crippen LogP contribution in [0, 0.1) is 10.1 Å². The lowest BCUT2D eigenvalue weighted by molar-refractivity contribution is -0.386. The molecule has 0 fully saturated rings. The molecule has 0 spiro atoms. The standard InChI is InChI=1S/C29H22BrCl2N3O4S/c30-21-12-18(14-24(35(37)38)27(21)39-16-17-10-11-22(31)23(32)13-17)15-33-29-26(20-8-4-5-9-25(20)40-29)28(36)34-19-6-2-1-3-7-19/h1-3,6-7,10-15H,4-5,8-9,16H2,(H,34,36). The SMILES string of the molecule is O=C(Nc1ccccc1)c1c(N=Cc2cc(Br)c(OCc3ccc(Cl)c(Cl)c3)c([N+](=O)[O-])c2)sc2c1CCCC2. The summed E-state index contributed by atoms with van der Waals surface area (Å²) in [5.74, 6) is -0.126. The number of ether oxygens (including phenoxy) is 1. The summed E-state index contributed by atoms with van der Waals surface area (Å²) in [6.07, 6.45) is 5.35. The van der Waals surface area contributed by atoms with Crippen LogP contribution in [0.25, 0.3) is 0 Å². The predicted molar refractivity (Wildman–Crippen MR) is 164 cm³/mol. The monoisotopic (exact) mass is 657 g/mol. The van der Waals surface area contributed by atoms with Crippen LogP contribution < -0.4 is 10.1 Å². The fourth-order valence-corrected chi connectivity index (χ4v) is 6.60. The summed E-state index contributed by atoms with van der Waals surface area (Å²) in [6.45, 7) is 0.0599. The van der Waals surface area contributed by atoms with Crippen molar-refractivity contribution in [1.29, 1.82) is 0 Å². The number of thiophene rings is 1. The largest absolute Gasteiger partial charge is 0.481 e. The molecule has 7 nitrogen and oxygen atoms in total. The van der Waals surface area contributed by atoms with Crippen molar-refractivity contribution in [2.45, 2.75) is 32.3 Å². The summed E-state index contributed by atoms with van der Waals surface area (Å²) >= 11 is 17.0. The van der Waals surface area contributed by atoms with Gasteiger partial charge in [-0.05, 0) is 83.1 Å². The van der Waals surface area contributed by atoms with Crippen molar-refractivity contribution in [3.8, 4) is 5.75 Å². The van der Waals surface area contributed by atoms with Crippen molar-refractivity contribution in [1.82, 2.24) is 0 Å². The number of nitro benzene ring substituents is 1. The van der Waals surface area contributed by atoms with Crippen LogP contribution in [0.5, 0.6) is 5.75 Å². The smallest absolute Gasteiger partial charge is 0.312 e. The van der Waals surface area contributed by atoms with Crippen LogP contribution in [0.3, 0.4) is 0 Å². The molecule has 0 atom stereocenters. The average molecular weight is 659 g/mol. The van der Waals surface area contributed by atoms with E-state index in [4.69, 9.17) is 27.9 Å². The first-order valence-electron chi connectivity index (χ1n) is 12.4. The Kier molecular flexibility index (Phi) is 8.85. The Balaban J connectivity index is 1.43. The number of carbonyl (C=O) groups excluding carboxylic acids is 1. The van der Waals surface area contributed by atoms with Crippen molar-refractivity contribution >= 4 is 79.0 Å². The molecule has 1 aromatic heterocycles. The van der Waals surface area contributed by atoms with Crippen molar-refractivity contribution in [2.24, 2.45) is 4.99 Å². The number of benzene rings is 3. The maximum atomic E-state index is 13.3. The maximum Gasteiger partial charge on any atom is 0.312 e. The number of anilines is 1. The van der Waals surface area contributed by atoms with E-state index in [0.29, 0.717) is 41.9 Å². The highest BCUT2D eigenvalue weighted by molar-refractivity contribution is 9.10. The first-order valence-corrected chi connectivity index (χ1v) is 14.8. The van der Waals surface area contributed by atoms with Crippen LogP contribution in [0.4, 0.5) is 16.4 Å². The predicted octanol–water partition coefficient (Wildman–Crippen LogP) is 9.19. The molecule has 1 aliphatic carbocycles. The lowest BCUT2D eigenvalue weighted by atomic mass is 9.95. The summed E-state index contributed by atoms with van der Waals surface area (Å²) < 4.78 is 6.20. The van der Waals surface area contributed by atoms with Gasteiger partial charge in [-0.25, -0.2) is 4.99 Å². The normalized spacial score (nSPS) is 12.8. The molecule has 0 bridgehead atoms. The molecule has 0 unspecified atom stereocenters. The van der Waals surface area contributed by atoms with Gasteiger partial charge in [0.1, 0.15) is 11.6 Å². The fourth-order valence-electron chi connectivity index (χ4n) is 4.46. The summed E-state index contributed by atoms with van der Waals surface area (Å²) in [4.78, 5) is 30.6. The van der Waals surface area contributed by atoms with E-state index in [0.717, 1.165) is 36.1 Å². The number of amides is 1. The number of aryl methyl sites for hydroxylation is 1. The summed E-state index contributed by atoms with van der Waals surface area (Å²) in [5.41, 5.74) is 3.29. The molecule has 0 saturated carbocycles. The van der Waals surface area contributed by atoms with E-state index in [1.165, 1.54) is 23.6 Å². The molecule has 3 aromatic carbocycles. The molecule has 1 aliphatic rings. The molecule has 4 aromatic rings. The van der Waals surface area contributed by atoms with Crippen LogP contribution >= 0.6 is 50.5 Å². The number of nitrogens with one attached hydrogen (secondary N) is 1. The van der Waals surface area contributed by atoms with Crippen molar-refractivity contribution in [2.75, 3.05) is 5.32 Å². The van der Waals surface area contributed by atoms with E-state index in [-0.39, 0.29) is 24.0 Å². The molecule has 40 heavy (non-hydrogen) atoms. The molecule has 1 N–H and O–H groups in total. The number of para-hydroxylation sites is 1. The van der Waals surface area contributed by atoms with Crippen LogP contribution in [0.15, 0.2) is 70.1 Å². The zero-order chi connectivity index (χ0) is 28.2. The van der Waals surface area contributed by atoms with E-state index >= 15 is 0 Å². The summed E-state index contributed by atoms with van der Waals surface area (Å²) in [6, 6.07) is 17.4. The fraction of sp³-hybridized carbons (Fsp3) is 0.172. The number of aliphatic imine (C=N–C) groups is 1. The Morgan fingerprint density at radius 2 is 1.88 bits per heavy atom. The second-order valence-electron chi connectivity index (χ2n) is 9.11. The van der Waals surface area contributed by atoms with Gasteiger partial charge in [-0.1, -0.05) is 47.5 Å². The second-order valence-corrected chi connectivity index (χ2v) is 11.9. The lowest BCUT2D eigenvalue weighted by Gasteiger charge is -2.12. The van der Waals surface area contributed by atoms with Gasteiger partial charge < -0.3 is 10.1 Å². The number of rotatable bonds is 8. The molecule has 0 saturated heterocycles. The lowest BCUT2D eigenvalue weighted by Crippen LogP contribution is -2.14. The highest BCUT2D eigenvalue weighted by atomic mass is 79.9. The van der Waals surface area contributed by atoms with E-state index in [9.17, 15) is 14.9 Å². The zero-order valence-electron chi connectivity index (χ0n) is 21.0. The Hall–Kier alpha value is -3.24. The minimum absolute atomic E-state index is 0.0599. The van der Waals surface area contributed by atoms with Gasteiger partial charge in [0, 0.05) is 28.4 Å². The van der Waals surface area contributed by atoms with E-state index < -0.39 is 4.92 Å². The van der Waals surface area contributed by atoms with Gasteiger partial charge in [0.05, 0.1) is 25.0 Å². The van der Waals surface area contributed by atoms with E-state index in [2.05, 4.69) is 26.2 Å². The van der Waals surface area contributed by atoms with Gasteiger partial charge in [0.25, 0.3) is 5.91 Å². The van der Waals surface area contributed by atoms with E-state index in [1.54, 1.807) is 24.3 Å². The molecule has 0 radical (unpaired) electrons. The van der Waals surface area contributed by atoms with E-state index in [1.807, 2.05) is 30.3 Å². The van der Waals surface area contributed by atoms with Gasteiger partial charge in [0.2, 0.25) is 5.75 Å². The second kappa shape index (κ2) is 12.5. The molecule has 204 valence electrons. The average Bonchev–Trinajstić information content (AvgIpc) is 3.32. The number of hydrogen-bond acceptors (Lipinski definition) is 6. The highest BCUT2D eigenvalue weighted by Gasteiger charge is 2.26. The van der Waals surface area contributed by atoms with Crippen molar-refractivity contribution < 1.29 is 14.5 Å². The number of nitro groups is 1. The van der Waals surface area contributed by atoms with Crippen molar-refractivity contribution in [3.63, 3.8) is 0 Å². The topological polar surface area (TPSA) is 93.8 Å². The Labute approximate surface area is 253 Å². The third-order valence-electron chi connectivity index (χ3n) is 6.35. The third-order valence-corrected chi connectivity index (χ3v) is 8.88. The molecule has 1 amide bonds. The quantitative estimate of drug-likeness (QED) is 0.116. The van der Waals surface area contributed by atoms with Crippen LogP contribution in [-0.2, 0) is 19.4 Å². The van der Waals surface area contributed by atoms with Gasteiger partial charge >= 0.3 is 5.69 Å². The Morgan fingerprint density at radius 3 is 2.62 bits per heavy atom. The molecule has 11 heteroatoms. The van der Waals surface area contributed by atoms with Crippen LogP contribution in [0.1, 0.15) is 44.8 Å². The Morgan fingerprint density at radius 1 is 1.10 bits per heavy atom. The van der Waals surface area contributed by atoms with Gasteiger partial charge in [-0.3, -0.25) is 14.9 Å². The number of carbonyl (C=O) groups is 1. The number of fused-ring (bicyclic) bond motifs is 1. The van der Waals surface area contributed by atoms with Crippen LogP contribution in [0.2, 0.25) is 10.0 Å². The number of nitrogens with zero attached hydrogens (tertiary/aromatic N) is 2. The molecule has 5 rings (SSSR count). The first-order chi connectivity index (χ1) is 19.3. The van der Waals surface area contributed by atoms with Gasteiger partial charge in [0.15, 0.2) is 0 Å². The Bertz CT molecular complexity index is 1630.